The van der Waals surface area contributed by atoms with Crippen molar-refractivity contribution in [3.8, 4) is 0 Å². The monoisotopic (exact) mass is 128 g/mol. The van der Waals surface area contributed by atoms with Gasteiger partial charge in [-0.05, 0) is 17.9 Å². The molecule has 9 heavy (non-hydrogen) atoms. The first-order chi connectivity index (χ1) is 4.12. The SMILES string of the molecule is CCCC(C)(C)C=CO. The van der Waals surface area contributed by atoms with Crippen molar-refractivity contribution in [2.75, 3.05) is 0 Å². The lowest BCUT2D eigenvalue weighted by Gasteiger charge is -2.17. The molecule has 1 heteroatoms. The van der Waals surface area contributed by atoms with Crippen molar-refractivity contribution in [1.29, 1.82) is 0 Å². The Bertz CT molecular complexity index is 92.7. The standard InChI is InChI=1S/C8H16O/c1-4-5-8(2,3)6-7-9/h6-7,9H,4-5H2,1-3H3. The summed E-state index contributed by atoms with van der Waals surface area (Å²) < 4.78 is 0. The Morgan fingerprint density at radius 2 is 2.00 bits per heavy atom. The van der Waals surface area contributed by atoms with Crippen LogP contribution in [0.15, 0.2) is 12.3 Å². The molecule has 0 heterocycles. The molecule has 0 atom stereocenters. The van der Waals surface area contributed by atoms with Crippen molar-refractivity contribution in [2.45, 2.75) is 33.6 Å². The van der Waals surface area contributed by atoms with Gasteiger partial charge in [-0.25, -0.2) is 0 Å². The lowest BCUT2D eigenvalue weighted by molar-refractivity contribution is 0.402. The Hall–Kier alpha value is -0.460. The van der Waals surface area contributed by atoms with Gasteiger partial charge in [-0.1, -0.05) is 27.2 Å². The lowest BCUT2D eigenvalue weighted by atomic mass is 9.88. The molecule has 0 amide bonds. The lowest BCUT2D eigenvalue weighted by Crippen LogP contribution is -2.05. The predicted molar refractivity (Wildman–Crippen MR) is 40.5 cm³/mol. The van der Waals surface area contributed by atoms with Crippen LogP contribution in [0.3, 0.4) is 0 Å². The van der Waals surface area contributed by atoms with E-state index >= 15 is 0 Å². The molecule has 0 aliphatic heterocycles. The molecule has 0 spiro atoms. The molecule has 0 aromatic rings. The molecule has 1 nitrogen and oxygen atoms in total. The summed E-state index contributed by atoms with van der Waals surface area (Å²) in [6.45, 7) is 6.37. The summed E-state index contributed by atoms with van der Waals surface area (Å²) in [6, 6.07) is 0. The second kappa shape index (κ2) is 3.54. The summed E-state index contributed by atoms with van der Waals surface area (Å²) >= 11 is 0. The molecule has 0 unspecified atom stereocenters. The number of hydrogen-bond acceptors (Lipinski definition) is 1. The highest BCUT2D eigenvalue weighted by molar-refractivity contribution is 4.89. The van der Waals surface area contributed by atoms with Gasteiger partial charge >= 0.3 is 0 Å². The number of hydrogen-bond donors (Lipinski definition) is 1. The highest BCUT2D eigenvalue weighted by Crippen LogP contribution is 2.22. The largest absolute Gasteiger partial charge is 0.516 e. The topological polar surface area (TPSA) is 20.2 Å². The first-order valence-corrected chi connectivity index (χ1v) is 3.44. The maximum atomic E-state index is 8.45. The quantitative estimate of drug-likeness (QED) is 0.579. The Balaban J connectivity index is 3.70. The first-order valence-electron chi connectivity index (χ1n) is 3.44. The average molecular weight is 128 g/mol. The summed E-state index contributed by atoms with van der Waals surface area (Å²) in [4.78, 5) is 0. The summed E-state index contributed by atoms with van der Waals surface area (Å²) in [6.07, 6.45) is 5.26. The Kier molecular flexibility index (Phi) is 3.36. The van der Waals surface area contributed by atoms with Gasteiger partial charge in [0.1, 0.15) is 0 Å². The van der Waals surface area contributed by atoms with E-state index in [4.69, 9.17) is 5.11 Å². The Morgan fingerprint density at radius 3 is 2.33 bits per heavy atom. The van der Waals surface area contributed by atoms with Crippen molar-refractivity contribution in [3.63, 3.8) is 0 Å². The summed E-state index contributed by atoms with van der Waals surface area (Å²) in [5.74, 6) is 0. The smallest absolute Gasteiger partial charge is 0.0757 e. The molecule has 0 bridgehead atoms. The fraction of sp³-hybridized carbons (Fsp3) is 0.750. The maximum Gasteiger partial charge on any atom is 0.0757 e. The van der Waals surface area contributed by atoms with Gasteiger partial charge in [0.05, 0.1) is 6.26 Å². The van der Waals surface area contributed by atoms with Gasteiger partial charge < -0.3 is 5.11 Å². The molecule has 0 aliphatic rings. The molecule has 0 aromatic carbocycles. The van der Waals surface area contributed by atoms with Gasteiger partial charge in [-0.2, -0.15) is 0 Å². The normalized spacial score (nSPS) is 12.8. The number of rotatable bonds is 3. The van der Waals surface area contributed by atoms with E-state index in [0.717, 1.165) is 19.1 Å². The van der Waals surface area contributed by atoms with Crippen molar-refractivity contribution in [2.24, 2.45) is 5.41 Å². The fourth-order valence-corrected chi connectivity index (χ4v) is 0.929. The van der Waals surface area contributed by atoms with Crippen LogP contribution in [0, 0.1) is 5.41 Å². The minimum absolute atomic E-state index is 0.170. The second-order valence-corrected chi connectivity index (χ2v) is 3.05. The van der Waals surface area contributed by atoms with E-state index in [1.165, 1.54) is 0 Å². The van der Waals surface area contributed by atoms with Crippen LogP contribution in [-0.4, -0.2) is 5.11 Å². The molecule has 0 saturated carbocycles. The predicted octanol–water partition coefficient (Wildman–Crippen LogP) is 2.88. The third-order valence-corrected chi connectivity index (χ3v) is 1.42. The van der Waals surface area contributed by atoms with Crippen molar-refractivity contribution in [3.05, 3.63) is 12.3 Å². The molecule has 0 rings (SSSR count). The zero-order chi connectivity index (χ0) is 7.33. The maximum absolute atomic E-state index is 8.45. The van der Waals surface area contributed by atoms with Crippen molar-refractivity contribution < 1.29 is 5.11 Å². The van der Waals surface area contributed by atoms with Crippen LogP contribution in [0.25, 0.3) is 0 Å². The minimum Gasteiger partial charge on any atom is -0.516 e. The van der Waals surface area contributed by atoms with Gasteiger partial charge in [0.2, 0.25) is 0 Å². The van der Waals surface area contributed by atoms with Crippen LogP contribution in [-0.2, 0) is 0 Å². The van der Waals surface area contributed by atoms with E-state index in [1.54, 1.807) is 0 Å². The van der Waals surface area contributed by atoms with Gasteiger partial charge in [0.15, 0.2) is 0 Å². The van der Waals surface area contributed by atoms with Gasteiger partial charge in [-0.3, -0.25) is 0 Å². The first kappa shape index (κ1) is 8.54. The van der Waals surface area contributed by atoms with E-state index < -0.39 is 0 Å². The molecule has 54 valence electrons. The number of aliphatic hydroxyl groups excluding tert-OH is 1. The summed E-state index contributed by atoms with van der Waals surface area (Å²) in [5.41, 5.74) is 0.170. The van der Waals surface area contributed by atoms with Crippen LogP contribution < -0.4 is 0 Å². The van der Waals surface area contributed by atoms with Crippen LogP contribution in [0.1, 0.15) is 33.6 Å². The van der Waals surface area contributed by atoms with E-state index in [1.807, 2.05) is 6.08 Å². The highest BCUT2D eigenvalue weighted by atomic mass is 16.2. The van der Waals surface area contributed by atoms with Crippen LogP contribution in [0.2, 0.25) is 0 Å². The van der Waals surface area contributed by atoms with Gasteiger partial charge in [-0.15, -0.1) is 0 Å². The van der Waals surface area contributed by atoms with Gasteiger partial charge in [0, 0.05) is 0 Å². The molecule has 1 N–H and O–H groups in total. The zero-order valence-corrected chi connectivity index (χ0v) is 6.52. The zero-order valence-electron chi connectivity index (χ0n) is 6.52. The minimum atomic E-state index is 0.170. The van der Waals surface area contributed by atoms with Crippen LogP contribution in [0.4, 0.5) is 0 Å². The fourth-order valence-electron chi connectivity index (χ4n) is 0.929. The van der Waals surface area contributed by atoms with E-state index in [0.29, 0.717) is 0 Å². The molecular formula is C8H16O. The molecule has 0 saturated heterocycles. The number of aliphatic hydroxyl groups is 1. The van der Waals surface area contributed by atoms with E-state index in [9.17, 15) is 0 Å². The van der Waals surface area contributed by atoms with Gasteiger partial charge in [0.25, 0.3) is 0 Å². The third-order valence-electron chi connectivity index (χ3n) is 1.42. The molecule has 0 aromatic heterocycles. The van der Waals surface area contributed by atoms with Crippen LogP contribution in [0.5, 0.6) is 0 Å². The summed E-state index contributed by atoms with van der Waals surface area (Å²) in [5, 5.41) is 8.45. The van der Waals surface area contributed by atoms with Crippen molar-refractivity contribution in [1.82, 2.24) is 0 Å². The Labute approximate surface area is 57.4 Å². The third kappa shape index (κ3) is 4.07. The Morgan fingerprint density at radius 1 is 1.44 bits per heavy atom. The van der Waals surface area contributed by atoms with E-state index in [2.05, 4.69) is 20.8 Å². The highest BCUT2D eigenvalue weighted by Gasteiger charge is 2.10. The van der Waals surface area contributed by atoms with Crippen LogP contribution >= 0.6 is 0 Å². The summed E-state index contributed by atoms with van der Waals surface area (Å²) in [7, 11) is 0. The molecule has 0 radical (unpaired) electrons. The molecular weight excluding hydrogens is 112 g/mol. The van der Waals surface area contributed by atoms with Crippen molar-refractivity contribution >= 4 is 0 Å². The molecule has 0 aliphatic carbocycles. The van der Waals surface area contributed by atoms with E-state index in [-0.39, 0.29) is 5.41 Å². The molecule has 0 fully saturated rings. The number of allylic oxidation sites excluding steroid dienone is 1. The average Bonchev–Trinajstić information content (AvgIpc) is 1.64. The second-order valence-electron chi connectivity index (χ2n) is 3.05.